The second-order valence-corrected chi connectivity index (χ2v) is 5.28. The molecule has 2 rings (SSSR count). The Morgan fingerprint density at radius 2 is 1.92 bits per heavy atom. The van der Waals surface area contributed by atoms with Gasteiger partial charge < -0.3 is 9.47 Å². The first-order valence-electron chi connectivity index (χ1n) is 8.09. The Hall–Kier alpha value is -2.57. The monoisotopic (exact) mass is 333 g/mol. The fourth-order valence-electron chi connectivity index (χ4n) is 2.32. The van der Waals surface area contributed by atoms with E-state index in [9.17, 15) is 9.59 Å². The highest BCUT2D eigenvalue weighted by Crippen LogP contribution is 2.08. The lowest BCUT2D eigenvalue weighted by Gasteiger charge is -2.07. The molecule has 0 aliphatic carbocycles. The molecule has 7 heteroatoms. The Kier molecular flexibility index (Phi) is 6.60. The summed E-state index contributed by atoms with van der Waals surface area (Å²) in [5.74, 6) is 1.18. The van der Waals surface area contributed by atoms with Gasteiger partial charge in [-0.1, -0.05) is 25.1 Å². The molecule has 1 aromatic heterocycles. The molecule has 0 bridgehead atoms. The number of carbonyl (C=O) groups is 1. The number of esters is 1. The van der Waals surface area contributed by atoms with Crippen LogP contribution >= 0.6 is 0 Å². The smallest absolute Gasteiger partial charge is 0.346 e. The van der Waals surface area contributed by atoms with Crippen molar-refractivity contribution in [1.29, 1.82) is 0 Å². The molecule has 0 radical (unpaired) electrons. The fourth-order valence-corrected chi connectivity index (χ4v) is 2.32. The second-order valence-electron chi connectivity index (χ2n) is 5.28. The molecule has 0 amide bonds. The van der Waals surface area contributed by atoms with Crippen molar-refractivity contribution in [3.63, 3.8) is 0 Å². The van der Waals surface area contributed by atoms with Crippen molar-refractivity contribution in [3.8, 4) is 5.75 Å². The Labute approximate surface area is 140 Å². The summed E-state index contributed by atoms with van der Waals surface area (Å²) >= 11 is 0. The maximum absolute atomic E-state index is 12.4. The molecule has 0 fully saturated rings. The van der Waals surface area contributed by atoms with Crippen LogP contribution in [0.15, 0.2) is 35.1 Å². The first kappa shape index (κ1) is 17.8. The number of benzene rings is 1. The molecule has 1 heterocycles. The van der Waals surface area contributed by atoms with Gasteiger partial charge in [-0.2, -0.15) is 5.10 Å². The Bertz CT molecular complexity index is 706. The summed E-state index contributed by atoms with van der Waals surface area (Å²) < 4.78 is 13.6. The van der Waals surface area contributed by atoms with Gasteiger partial charge in [-0.15, -0.1) is 0 Å². The first-order chi connectivity index (χ1) is 11.6. The fraction of sp³-hybridized carbons (Fsp3) is 0.471. The van der Waals surface area contributed by atoms with Crippen LogP contribution in [0.3, 0.4) is 0 Å². The quantitative estimate of drug-likeness (QED) is 0.515. The van der Waals surface area contributed by atoms with Crippen LogP contribution < -0.4 is 10.4 Å². The molecular weight excluding hydrogens is 310 g/mol. The molecule has 0 aliphatic heterocycles. The molecular formula is C17H23N3O4. The Balaban J connectivity index is 1.93. The zero-order valence-corrected chi connectivity index (χ0v) is 14.1. The van der Waals surface area contributed by atoms with Crippen LogP contribution in [0.25, 0.3) is 0 Å². The van der Waals surface area contributed by atoms with Crippen LogP contribution in [0.2, 0.25) is 0 Å². The van der Waals surface area contributed by atoms with Gasteiger partial charge in [0, 0.05) is 26.3 Å². The van der Waals surface area contributed by atoms with E-state index >= 15 is 0 Å². The van der Waals surface area contributed by atoms with Crippen molar-refractivity contribution in [2.45, 2.75) is 39.8 Å². The van der Waals surface area contributed by atoms with Crippen LogP contribution in [-0.2, 0) is 29.0 Å². The van der Waals surface area contributed by atoms with Gasteiger partial charge in [-0.3, -0.25) is 9.36 Å². The highest BCUT2D eigenvalue weighted by molar-refractivity contribution is 5.65. The summed E-state index contributed by atoms with van der Waals surface area (Å²) in [6.45, 7) is 4.87. The van der Waals surface area contributed by atoms with Crippen LogP contribution in [0.5, 0.6) is 5.75 Å². The zero-order chi connectivity index (χ0) is 17.4. The van der Waals surface area contributed by atoms with Crippen molar-refractivity contribution in [1.82, 2.24) is 14.3 Å². The third kappa shape index (κ3) is 4.97. The molecule has 1 aromatic carbocycles. The molecule has 24 heavy (non-hydrogen) atoms. The van der Waals surface area contributed by atoms with E-state index in [1.54, 1.807) is 4.57 Å². The second kappa shape index (κ2) is 8.90. The van der Waals surface area contributed by atoms with Crippen LogP contribution in [-0.4, -0.2) is 33.5 Å². The molecule has 130 valence electrons. The minimum atomic E-state index is -0.319. The number of carbonyl (C=O) groups excluding carboxylic acids is 1. The summed E-state index contributed by atoms with van der Waals surface area (Å²) in [5.41, 5.74) is -0.161. The van der Waals surface area contributed by atoms with Crippen molar-refractivity contribution >= 4 is 5.97 Å². The Morgan fingerprint density at radius 3 is 2.58 bits per heavy atom. The lowest BCUT2D eigenvalue weighted by atomic mass is 10.3. The third-order valence-electron chi connectivity index (χ3n) is 3.46. The van der Waals surface area contributed by atoms with Gasteiger partial charge in [0.2, 0.25) is 0 Å². The lowest BCUT2D eigenvalue weighted by molar-refractivity contribution is -0.141. The van der Waals surface area contributed by atoms with E-state index in [-0.39, 0.29) is 18.3 Å². The highest BCUT2D eigenvalue weighted by Gasteiger charge is 2.11. The van der Waals surface area contributed by atoms with Gasteiger partial charge in [0.05, 0.1) is 13.2 Å². The van der Waals surface area contributed by atoms with Crippen molar-refractivity contribution in [2.24, 2.45) is 0 Å². The number of para-hydroxylation sites is 1. The van der Waals surface area contributed by atoms with Gasteiger partial charge in [0.25, 0.3) is 0 Å². The number of hydrogen-bond donors (Lipinski definition) is 0. The predicted octanol–water partition coefficient (Wildman–Crippen LogP) is 1.64. The molecule has 0 aliphatic rings. The van der Waals surface area contributed by atoms with E-state index < -0.39 is 0 Å². The SMILES string of the molecule is CCc1nn(CCCOC(C)=O)c(=O)n1CCOc1ccccc1. The summed E-state index contributed by atoms with van der Waals surface area (Å²) in [4.78, 5) is 23.2. The van der Waals surface area contributed by atoms with E-state index in [1.165, 1.54) is 11.6 Å². The molecule has 2 aromatic rings. The van der Waals surface area contributed by atoms with Crippen LogP contribution in [0, 0.1) is 0 Å². The number of ether oxygens (including phenoxy) is 2. The van der Waals surface area contributed by atoms with Gasteiger partial charge in [-0.05, 0) is 12.1 Å². The highest BCUT2D eigenvalue weighted by atomic mass is 16.5. The zero-order valence-electron chi connectivity index (χ0n) is 14.1. The van der Waals surface area contributed by atoms with Gasteiger partial charge in [0.15, 0.2) is 0 Å². The maximum Gasteiger partial charge on any atom is 0.346 e. The van der Waals surface area contributed by atoms with Gasteiger partial charge in [-0.25, -0.2) is 9.48 Å². The predicted molar refractivity (Wildman–Crippen MR) is 89.1 cm³/mol. The summed E-state index contributed by atoms with van der Waals surface area (Å²) in [6, 6.07) is 9.48. The van der Waals surface area contributed by atoms with Crippen LogP contribution in [0.4, 0.5) is 0 Å². The van der Waals surface area contributed by atoms with Crippen molar-refractivity contribution < 1.29 is 14.3 Å². The standard InChI is InChI=1S/C17H23N3O4/c1-3-16-18-20(10-7-12-23-14(2)21)17(22)19(16)11-13-24-15-8-5-4-6-9-15/h4-6,8-9H,3,7,10-13H2,1-2H3. The lowest BCUT2D eigenvalue weighted by Crippen LogP contribution is -2.28. The number of rotatable bonds is 9. The average Bonchev–Trinajstić information content (AvgIpc) is 2.88. The largest absolute Gasteiger partial charge is 0.492 e. The number of hydrogen-bond acceptors (Lipinski definition) is 5. The number of aromatic nitrogens is 3. The summed E-state index contributed by atoms with van der Waals surface area (Å²) in [5, 5.41) is 4.34. The van der Waals surface area contributed by atoms with Gasteiger partial charge >= 0.3 is 11.7 Å². The topological polar surface area (TPSA) is 75.4 Å². The normalized spacial score (nSPS) is 10.6. The van der Waals surface area contributed by atoms with E-state index in [0.29, 0.717) is 32.5 Å². The average molecular weight is 333 g/mol. The summed E-state index contributed by atoms with van der Waals surface area (Å²) in [6.07, 6.45) is 1.22. The minimum Gasteiger partial charge on any atom is -0.492 e. The van der Waals surface area contributed by atoms with Crippen molar-refractivity contribution in [2.75, 3.05) is 13.2 Å². The summed E-state index contributed by atoms with van der Waals surface area (Å²) in [7, 11) is 0. The minimum absolute atomic E-state index is 0.161. The number of aryl methyl sites for hydroxylation is 2. The van der Waals surface area contributed by atoms with E-state index in [1.807, 2.05) is 37.3 Å². The molecule has 0 N–H and O–H groups in total. The Morgan fingerprint density at radius 1 is 1.17 bits per heavy atom. The third-order valence-corrected chi connectivity index (χ3v) is 3.46. The molecule has 0 spiro atoms. The van der Waals surface area contributed by atoms with E-state index in [0.717, 1.165) is 11.6 Å². The van der Waals surface area contributed by atoms with Gasteiger partial charge in [0.1, 0.15) is 18.2 Å². The van der Waals surface area contributed by atoms with E-state index in [2.05, 4.69) is 5.10 Å². The number of nitrogens with zero attached hydrogens (tertiary/aromatic N) is 3. The molecule has 0 atom stereocenters. The van der Waals surface area contributed by atoms with Crippen molar-refractivity contribution in [3.05, 3.63) is 46.6 Å². The molecule has 0 saturated carbocycles. The molecule has 0 saturated heterocycles. The first-order valence-corrected chi connectivity index (χ1v) is 8.09. The van der Waals surface area contributed by atoms with Crippen LogP contribution in [0.1, 0.15) is 26.1 Å². The van der Waals surface area contributed by atoms with E-state index in [4.69, 9.17) is 9.47 Å². The maximum atomic E-state index is 12.4. The molecule has 7 nitrogen and oxygen atoms in total. The molecule has 0 unspecified atom stereocenters.